The highest BCUT2D eigenvalue weighted by atomic mass is 16.7. The van der Waals surface area contributed by atoms with Crippen LogP contribution in [0.2, 0.25) is 0 Å². The molecule has 3 saturated carbocycles. The number of aliphatic hydroxyl groups is 3. The molecule has 8 atom stereocenters. The van der Waals surface area contributed by atoms with Crippen LogP contribution in [-0.2, 0) is 0 Å². The first-order valence-electron chi connectivity index (χ1n) is 12.4. The van der Waals surface area contributed by atoms with Crippen LogP contribution in [0.25, 0.3) is 0 Å². The molecule has 0 bridgehead atoms. The van der Waals surface area contributed by atoms with E-state index in [1.165, 1.54) is 57.8 Å². The van der Waals surface area contributed by atoms with Crippen molar-refractivity contribution in [3.63, 3.8) is 0 Å². The summed E-state index contributed by atoms with van der Waals surface area (Å²) in [5, 5.41) is 27.8. The fourth-order valence-corrected chi connectivity index (χ4v) is 8.29. The first kappa shape index (κ1) is 22.4. The Kier molecular flexibility index (Phi) is 5.93. The van der Waals surface area contributed by atoms with Crippen molar-refractivity contribution in [3.8, 4) is 11.8 Å². The van der Waals surface area contributed by atoms with E-state index >= 15 is 0 Å². The number of hydrogen-bond donors (Lipinski definition) is 3. The van der Waals surface area contributed by atoms with Gasteiger partial charge in [0, 0.05) is 6.42 Å². The summed E-state index contributed by atoms with van der Waals surface area (Å²) < 4.78 is 0. The average Bonchev–Trinajstić information content (AvgIpc) is 3.04. The number of fused-ring (bicyclic) bond motifs is 5. The van der Waals surface area contributed by atoms with Crippen LogP contribution in [0, 0.1) is 58.2 Å². The molecule has 1 unspecified atom stereocenters. The summed E-state index contributed by atoms with van der Waals surface area (Å²) in [6, 6.07) is 0. The van der Waals surface area contributed by atoms with Gasteiger partial charge in [-0.1, -0.05) is 44.8 Å². The van der Waals surface area contributed by atoms with Crippen LogP contribution in [0.5, 0.6) is 0 Å². The zero-order valence-electron chi connectivity index (χ0n) is 19.5. The Bertz CT molecular complexity index is 737. The SMILES string of the molecule is CC(C#CC[C@@H](C)[C@H]1CC[C@H]2[C@@H]3CC=C4CCCC[C@]4(C)[C@H]3CC[C@]12C)C(O)(O)O. The van der Waals surface area contributed by atoms with Crippen molar-refractivity contribution in [2.75, 3.05) is 0 Å². The Balaban J connectivity index is 1.48. The van der Waals surface area contributed by atoms with Crippen LogP contribution in [-0.4, -0.2) is 21.3 Å². The van der Waals surface area contributed by atoms with E-state index in [-0.39, 0.29) is 0 Å². The third-order valence-electron chi connectivity index (χ3n) is 10.1. The van der Waals surface area contributed by atoms with E-state index < -0.39 is 11.9 Å². The minimum absolute atomic E-state index is 0.416. The van der Waals surface area contributed by atoms with Crippen molar-refractivity contribution in [2.24, 2.45) is 46.3 Å². The van der Waals surface area contributed by atoms with Crippen molar-refractivity contribution in [1.29, 1.82) is 0 Å². The zero-order chi connectivity index (χ0) is 21.7. The molecule has 0 spiro atoms. The molecule has 0 heterocycles. The summed E-state index contributed by atoms with van der Waals surface area (Å²) in [5.74, 6) is 6.20. The average molecular weight is 415 g/mol. The first-order valence-corrected chi connectivity index (χ1v) is 12.4. The van der Waals surface area contributed by atoms with Gasteiger partial charge in [0.1, 0.15) is 0 Å². The molecular formula is C27H42O3. The second kappa shape index (κ2) is 7.95. The normalized spacial score (nSPS) is 42.7. The van der Waals surface area contributed by atoms with E-state index in [1.807, 2.05) is 0 Å². The molecular weight excluding hydrogens is 372 g/mol. The lowest BCUT2D eigenvalue weighted by Crippen LogP contribution is -2.50. The van der Waals surface area contributed by atoms with E-state index in [0.717, 1.165) is 24.2 Å². The second-order valence-electron chi connectivity index (χ2n) is 11.6. The molecule has 4 rings (SSSR count). The largest absolute Gasteiger partial charge is 0.343 e. The molecule has 168 valence electrons. The van der Waals surface area contributed by atoms with Gasteiger partial charge < -0.3 is 15.3 Å². The minimum Gasteiger partial charge on any atom is -0.343 e. The Morgan fingerprint density at radius 3 is 2.57 bits per heavy atom. The van der Waals surface area contributed by atoms with Crippen LogP contribution < -0.4 is 0 Å². The fourth-order valence-electron chi connectivity index (χ4n) is 8.29. The summed E-state index contributed by atoms with van der Waals surface area (Å²) in [4.78, 5) is 0. The smallest absolute Gasteiger partial charge is 0.289 e. The highest BCUT2D eigenvalue weighted by Crippen LogP contribution is 2.67. The monoisotopic (exact) mass is 414 g/mol. The van der Waals surface area contributed by atoms with Crippen molar-refractivity contribution < 1.29 is 15.3 Å². The van der Waals surface area contributed by atoms with Crippen molar-refractivity contribution in [1.82, 2.24) is 0 Å². The van der Waals surface area contributed by atoms with E-state index in [2.05, 4.69) is 38.7 Å². The summed E-state index contributed by atoms with van der Waals surface area (Å²) in [6.07, 6.45) is 15.7. The van der Waals surface area contributed by atoms with Crippen LogP contribution in [0.3, 0.4) is 0 Å². The third kappa shape index (κ3) is 3.68. The van der Waals surface area contributed by atoms with E-state index in [1.54, 1.807) is 12.5 Å². The number of allylic oxidation sites excluding steroid dienone is 2. The molecule has 0 amide bonds. The van der Waals surface area contributed by atoms with Crippen LogP contribution in [0.15, 0.2) is 11.6 Å². The van der Waals surface area contributed by atoms with Gasteiger partial charge in [-0.15, -0.1) is 5.92 Å². The van der Waals surface area contributed by atoms with Gasteiger partial charge >= 0.3 is 0 Å². The van der Waals surface area contributed by atoms with Gasteiger partial charge in [-0.25, -0.2) is 0 Å². The number of rotatable bonds is 3. The van der Waals surface area contributed by atoms with E-state index in [9.17, 15) is 15.3 Å². The Labute approximate surface area is 183 Å². The maximum absolute atomic E-state index is 9.28. The van der Waals surface area contributed by atoms with Crippen molar-refractivity contribution in [2.45, 2.75) is 97.9 Å². The third-order valence-corrected chi connectivity index (χ3v) is 10.1. The van der Waals surface area contributed by atoms with Gasteiger partial charge in [0.05, 0.1) is 5.92 Å². The lowest BCUT2D eigenvalue weighted by molar-refractivity contribution is -0.328. The highest BCUT2D eigenvalue weighted by Gasteiger charge is 2.58. The molecule has 0 aromatic rings. The summed E-state index contributed by atoms with van der Waals surface area (Å²) in [7, 11) is 0. The lowest BCUT2D eigenvalue weighted by Gasteiger charge is -2.58. The molecule has 0 saturated heterocycles. The topological polar surface area (TPSA) is 60.7 Å². The van der Waals surface area contributed by atoms with Gasteiger partial charge in [0.25, 0.3) is 5.97 Å². The molecule has 3 fully saturated rings. The van der Waals surface area contributed by atoms with Gasteiger partial charge in [-0.05, 0) is 98.7 Å². The predicted molar refractivity (Wildman–Crippen MR) is 120 cm³/mol. The molecule has 3 nitrogen and oxygen atoms in total. The van der Waals surface area contributed by atoms with Gasteiger partial charge in [0.15, 0.2) is 0 Å². The predicted octanol–water partition coefficient (Wildman–Crippen LogP) is 5.25. The summed E-state index contributed by atoms with van der Waals surface area (Å²) >= 11 is 0. The lowest BCUT2D eigenvalue weighted by atomic mass is 9.47. The van der Waals surface area contributed by atoms with E-state index in [4.69, 9.17) is 0 Å². The molecule has 0 aromatic carbocycles. The molecule has 0 aromatic heterocycles. The molecule has 0 aliphatic heterocycles. The van der Waals surface area contributed by atoms with E-state index in [0.29, 0.717) is 22.7 Å². The highest BCUT2D eigenvalue weighted by molar-refractivity contribution is 5.24. The quantitative estimate of drug-likeness (QED) is 0.336. The van der Waals surface area contributed by atoms with Crippen molar-refractivity contribution >= 4 is 0 Å². The molecule has 0 radical (unpaired) electrons. The Morgan fingerprint density at radius 1 is 1.07 bits per heavy atom. The number of hydrogen-bond acceptors (Lipinski definition) is 3. The summed E-state index contributed by atoms with van der Waals surface area (Å²) in [6.45, 7) is 9.03. The van der Waals surface area contributed by atoms with Gasteiger partial charge in [-0.3, -0.25) is 0 Å². The van der Waals surface area contributed by atoms with Gasteiger partial charge in [0.2, 0.25) is 0 Å². The van der Waals surface area contributed by atoms with Crippen LogP contribution >= 0.6 is 0 Å². The maximum Gasteiger partial charge on any atom is 0.289 e. The first-order chi connectivity index (χ1) is 14.1. The van der Waals surface area contributed by atoms with Crippen LogP contribution in [0.4, 0.5) is 0 Å². The van der Waals surface area contributed by atoms with Gasteiger partial charge in [-0.2, -0.15) is 0 Å². The molecule has 3 heteroatoms. The molecule has 30 heavy (non-hydrogen) atoms. The fraction of sp³-hybridized carbons (Fsp3) is 0.852. The summed E-state index contributed by atoms with van der Waals surface area (Å²) in [5.41, 5.74) is 2.68. The standard InChI is InChI=1S/C27H42O3/c1-18(8-7-9-19(2)27(28,29)30)22-13-14-23-21-12-11-20-10-5-6-16-25(20,3)24(21)15-17-26(22,23)4/h11,18-19,21-24,28-30H,5-6,8,10,12-17H2,1-4H3/t18-,19?,21+,22-,23+,24+,25+,26-/m1/s1. The Hall–Kier alpha value is -0.820. The zero-order valence-corrected chi connectivity index (χ0v) is 19.5. The van der Waals surface area contributed by atoms with Crippen LogP contribution in [0.1, 0.15) is 91.9 Å². The molecule has 4 aliphatic carbocycles. The minimum atomic E-state index is -2.71. The Morgan fingerprint density at radius 2 is 1.83 bits per heavy atom. The molecule has 4 aliphatic rings. The van der Waals surface area contributed by atoms with Crippen molar-refractivity contribution in [3.05, 3.63) is 11.6 Å². The second-order valence-corrected chi connectivity index (χ2v) is 11.6. The maximum atomic E-state index is 9.28. The molecule has 3 N–H and O–H groups in total.